The summed E-state index contributed by atoms with van der Waals surface area (Å²) in [6.45, 7) is 2.20. The lowest BCUT2D eigenvalue weighted by Gasteiger charge is -2.19. The van der Waals surface area contributed by atoms with Gasteiger partial charge in [0.05, 0.1) is 6.04 Å². The minimum atomic E-state index is 0.0877. The van der Waals surface area contributed by atoms with Gasteiger partial charge in [-0.05, 0) is 39.9 Å². The first-order valence-electron chi connectivity index (χ1n) is 10.3. The summed E-state index contributed by atoms with van der Waals surface area (Å²) in [6.07, 6.45) is 0. The van der Waals surface area contributed by atoms with Gasteiger partial charge in [0.15, 0.2) is 5.17 Å². The molecule has 30 heavy (non-hydrogen) atoms. The molecule has 0 amide bonds. The standard InChI is InChI=1S/C27H24N2S/c1-19-16-17-20-10-8-9-15-23(20)24(19)18-30-27-28-25(21-11-4-2-5-12-21)26(29-27)22-13-6-3-7-14-22/h2-17,25-26H,18H2,1H3,(H,28,29)/t25-,26+. The van der Waals surface area contributed by atoms with Gasteiger partial charge < -0.3 is 5.32 Å². The Morgan fingerprint density at radius 3 is 2.20 bits per heavy atom. The molecule has 1 aliphatic rings. The minimum absolute atomic E-state index is 0.0877. The summed E-state index contributed by atoms with van der Waals surface area (Å²) in [7, 11) is 0. The quantitative estimate of drug-likeness (QED) is 0.400. The monoisotopic (exact) mass is 408 g/mol. The van der Waals surface area contributed by atoms with Crippen molar-refractivity contribution in [2.24, 2.45) is 4.99 Å². The third-order valence-electron chi connectivity index (χ3n) is 5.78. The highest BCUT2D eigenvalue weighted by molar-refractivity contribution is 8.13. The number of hydrogen-bond acceptors (Lipinski definition) is 3. The van der Waals surface area contributed by atoms with E-state index in [2.05, 4.69) is 109 Å². The van der Waals surface area contributed by atoms with Crippen molar-refractivity contribution in [1.29, 1.82) is 0 Å². The van der Waals surface area contributed by atoms with Crippen LogP contribution in [0, 0.1) is 6.92 Å². The predicted molar refractivity (Wildman–Crippen MR) is 129 cm³/mol. The fourth-order valence-electron chi connectivity index (χ4n) is 4.15. The number of thioether (sulfide) groups is 1. The zero-order chi connectivity index (χ0) is 20.3. The predicted octanol–water partition coefficient (Wildman–Crippen LogP) is 6.82. The molecule has 0 fully saturated rings. The molecule has 148 valence electrons. The van der Waals surface area contributed by atoms with Crippen molar-refractivity contribution in [3.8, 4) is 0 Å². The van der Waals surface area contributed by atoms with E-state index in [-0.39, 0.29) is 12.1 Å². The normalized spacial score (nSPS) is 18.2. The van der Waals surface area contributed by atoms with Crippen molar-refractivity contribution in [3.63, 3.8) is 0 Å². The second-order valence-electron chi connectivity index (χ2n) is 7.69. The Hall–Kier alpha value is -3.04. The number of amidine groups is 1. The molecular formula is C27H24N2S. The van der Waals surface area contributed by atoms with E-state index >= 15 is 0 Å². The van der Waals surface area contributed by atoms with Crippen molar-refractivity contribution in [2.45, 2.75) is 24.8 Å². The molecule has 0 spiro atoms. The third kappa shape index (κ3) is 3.73. The van der Waals surface area contributed by atoms with Crippen LogP contribution in [0.2, 0.25) is 0 Å². The summed E-state index contributed by atoms with van der Waals surface area (Å²) in [5.74, 6) is 0.905. The molecule has 2 atom stereocenters. The number of nitrogens with one attached hydrogen (secondary N) is 1. The Morgan fingerprint density at radius 2 is 1.43 bits per heavy atom. The molecule has 0 radical (unpaired) electrons. The van der Waals surface area contributed by atoms with Gasteiger partial charge in [-0.15, -0.1) is 0 Å². The first-order valence-corrected chi connectivity index (χ1v) is 11.3. The van der Waals surface area contributed by atoms with Crippen molar-refractivity contribution >= 4 is 27.7 Å². The van der Waals surface area contributed by atoms with E-state index in [1.54, 1.807) is 11.8 Å². The Kier molecular flexibility index (Phi) is 5.29. The number of hydrogen-bond donors (Lipinski definition) is 1. The fraction of sp³-hybridized carbons (Fsp3) is 0.148. The van der Waals surface area contributed by atoms with Crippen molar-refractivity contribution in [1.82, 2.24) is 5.32 Å². The Bertz CT molecular complexity index is 1190. The number of fused-ring (bicyclic) bond motifs is 1. The van der Waals surface area contributed by atoms with Crippen molar-refractivity contribution in [3.05, 3.63) is 119 Å². The number of aryl methyl sites for hydroxylation is 1. The topological polar surface area (TPSA) is 24.4 Å². The molecular weight excluding hydrogens is 384 g/mol. The first-order chi connectivity index (χ1) is 14.8. The Balaban J connectivity index is 1.43. The molecule has 3 heteroatoms. The molecule has 4 aromatic carbocycles. The van der Waals surface area contributed by atoms with Crippen LogP contribution in [-0.4, -0.2) is 5.17 Å². The number of benzene rings is 4. The van der Waals surface area contributed by atoms with E-state index < -0.39 is 0 Å². The van der Waals surface area contributed by atoms with Gasteiger partial charge in [0.25, 0.3) is 0 Å². The molecule has 0 bridgehead atoms. The molecule has 0 unspecified atom stereocenters. The van der Waals surface area contributed by atoms with Gasteiger partial charge in [0.1, 0.15) is 6.04 Å². The molecule has 0 aromatic heterocycles. The van der Waals surface area contributed by atoms with Gasteiger partial charge in [0, 0.05) is 5.75 Å². The van der Waals surface area contributed by atoms with Crippen LogP contribution < -0.4 is 5.32 Å². The zero-order valence-corrected chi connectivity index (χ0v) is 17.8. The van der Waals surface area contributed by atoms with Gasteiger partial charge >= 0.3 is 0 Å². The molecule has 0 aliphatic carbocycles. The molecule has 1 N–H and O–H groups in total. The smallest absolute Gasteiger partial charge is 0.158 e. The summed E-state index contributed by atoms with van der Waals surface area (Å²) in [4.78, 5) is 5.11. The lowest BCUT2D eigenvalue weighted by Crippen LogP contribution is -2.22. The van der Waals surface area contributed by atoms with Crippen LogP contribution in [0.25, 0.3) is 10.8 Å². The van der Waals surface area contributed by atoms with E-state index in [0.29, 0.717) is 0 Å². The van der Waals surface area contributed by atoms with Crippen LogP contribution in [0.4, 0.5) is 0 Å². The second kappa shape index (κ2) is 8.37. The highest BCUT2D eigenvalue weighted by atomic mass is 32.2. The lowest BCUT2D eigenvalue weighted by atomic mass is 9.95. The highest BCUT2D eigenvalue weighted by Gasteiger charge is 2.31. The van der Waals surface area contributed by atoms with E-state index in [4.69, 9.17) is 4.99 Å². The third-order valence-corrected chi connectivity index (χ3v) is 6.71. The van der Waals surface area contributed by atoms with Crippen LogP contribution in [0.15, 0.2) is 102 Å². The fourth-order valence-corrected chi connectivity index (χ4v) is 5.21. The lowest BCUT2D eigenvalue weighted by molar-refractivity contribution is 0.573. The second-order valence-corrected chi connectivity index (χ2v) is 8.66. The SMILES string of the molecule is Cc1ccc2ccccc2c1CSC1=N[C@@H](c2ccccc2)[C@@H](c2ccccc2)N1. The van der Waals surface area contributed by atoms with E-state index in [1.165, 1.54) is 33.0 Å². The molecule has 5 rings (SSSR count). The molecule has 1 heterocycles. The summed E-state index contributed by atoms with van der Waals surface area (Å²) >= 11 is 1.80. The van der Waals surface area contributed by atoms with Crippen LogP contribution in [0.3, 0.4) is 0 Å². The average molecular weight is 409 g/mol. The van der Waals surface area contributed by atoms with Crippen LogP contribution in [0.5, 0.6) is 0 Å². The van der Waals surface area contributed by atoms with Crippen LogP contribution in [0.1, 0.15) is 34.3 Å². The summed E-state index contributed by atoms with van der Waals surface area (Å²) in [6, 6.07) is 34.6. The Morgan fingerprint density at radius 1 is 0.767 bits per heavy atom. The van der Waals surface area contributed by atoms with Crippen LogP contribution >= 0.6 is 11.8 Å². The van der Waals surface area contributed by atoms with E-state index in [1.807, 2.05) is 0 Å². The van der Waals surface area contributed by atoms with Crippen LogP contribution in [-0.2, 0) is 5.75 Å². The number of rotatable bonds is 4. The van der Waals surface area contributed by atoms with Gasteiger partial charge in [-0.1, -0.05) is 109 Å². The summed E-state index contributed by atoms with van der Waals surface area (Å²) < 4.78 is 0. The molecule has 2 nitrogen and oxygen atoms in total. The van der Waals surface area contributed by atoms with E-state index in [9.17, 15) is 0 Å². The Labute approximate surface area is 182 Å². The summed E-state index contributed by atoms with van der Waals surface area (Å²) in [5, 5.41) is 7.36. The highest BCUT2D eigenvalue weighted by Crippen LogP contribution is 2.38. The molecule has 1 aliphatic heterocycles. The van der Waals surface area contributed by atoms with Gasteiger partial charge in [0.2, 0.25) is 0 Å². The molecule has 0 saturated heterocycles. The average Bonchev–Trinajstić information content (AvgIpc) is 3.24. The maximum absolute atomic E-state index is 5.11. The van der Waals surface area contributed by atoms with Gasteiger partial charge in [-0.2, -0.15) is 0 Å². The largest absolute Gasteiger partial charge is 0.356 e. The first kappa shape index (κ1) is 19.0. The number of aliphatic imine (C=N–C) groups is 1. The van der Waals surface area contributed by atoms with Crippen molar-refractivity contribution < 1.29 is 0 Å². The minimum Gasteiger partial charge on any atom is -0.356 e. The van der Waals surface area contributed by atoms with Gasteiger partial charge in [-0.25, -0.2) is 0 Å². The zero-order valence-electron chi connectivity index (χ0n) is 17.0. The van der Waals surface area contributed by atoms with Crippen molar-refractivity contribution in [2.75, 3.05) is 0 Å². The molecule has 4 aromatic rings. The maximum atomic E-state index is 5.11. The summed E-state index contributed by atoms with van der Waals surface area (Å²) in [5.41, 5.74) is 5.24. The van der Waals surface area contributed by atoms with Gasteiger partial charge in [-0.3, -0.25) is 4.99 Å². The van der Waals surface area contributed by atoms with E-state index in [0.717, 1.165) is 10.9 Å². The number of nitrogens with zero attached hydrogens (tertiary/aromatic N) is 1. The maximum Gasteiger partial charge on any atom is 0.158 e. The molecule has 0 saturated carbocycles.